The molecule has 1 fully saturated rings. The van der Waals surface area contributed by atoms with Gasteiger partial charge >= 0.3 is 0 Å². The molecule has 5 rings (SSSR count). The third kappa shape index (κ3) is 3.61. The molecule has 1 amide bonds. The van der Waals surface area contributed by atoms with Crippen molar-refractivity contribution in [1.29, 1.82) is 0 Å². The molecule has 1 saturated heterocycles. The van der Waals surface area contributed by atoms with Crippen molar-refractivity contribution < 1.29 is 4.79 Å². The van der Waals surface area contributed by atoms with Gasteiger partial charge in [0.25, 0.3) is 5.91 Å². The Bertz CT molecular complexity index is 1070. The number of hydrogen-bond donors (Lipinski definition) is 1. The Morgan fingerprint density at radius 1 is 1.00 bits per heavy atom. The fraction of sp³-hybridized carbons (Fsp3) is 0.167. The monoisotopic (exact) mass is 399 g/mol. The number of carbonyl (C=O) groups is 1. The molecule has 4 nitrogen and oxygen atoms in total. The Labute approximate surface area is 174 Å². The van der Waals surface area contributed by atoms with Crippen molar-refractivity contribution in [2.24, 2.45) is 4.99 Å². The summed E-state index contributed by atoms with van der Waals surface area (Å²) < 4.78 is 0. The molecule has 5 heteroatoms. The Kier molecular flexibility index (Phi) is 4.74. The normalized spacial score (nSPS) is 18.5. The van der Waals surface area contributed by atoms with Gasteiger partial charge in [-0.15, -0.1) is 11.3 Å². The van der Waals surface area contributed by atoms with Crippen LogP contribution in [0.25, 0.3) is 0 Å². The van der Waals surface area contributed by atoms with E-state index >= 15 is 0 Å². The van der Waals surface area contributed by atoms with Gasteiger partial charge < -0.3 is 5.32 Å². The van der Waals surface area contributed by atoms with Crippen LogP contribution in [0.15, 0.2) is 94.7 Å². The quantitative estimate of drug-likeness (QED) is 0.705. The summed E-state index contributed by atoms with van der Waals surface area (Å²) in [6, 6.07) is 24.3. The molecule has 1 unspecified atom stereocenters. The standard InChI is InChI=1S/C24H21N3OS/c28-24-21(15-19-12-7-13-29-19)26-23-20(14-17-8-3-1-4-9-17)25-22(16-27(23)24)18-10-5-2-6-11-18/h1-13,21,26H,14-16H2. The number of rotatable bonds is 5. The zero-order valence-electron chi connectivity index (χ0n) is 15.9. The van der Waals surface area contributed by atoms with E-state index in [1.807, 2.05) is 47.4 Å². The molecule has 0 aliphatic carbocycles. The minimum Gasteiger partial charge on any atom is -0.358 e. The molecule has 1 atom stereocenters. The van der Waals surface area contributed by atoms with Crippen molar-refractivity contribution >= 4 is 23.0 Å². The van der Waals surface area contributed by atoms with Gasteiger partial charge in [0, 0.05) is 17.7 Å². The Morgan fingerprint density at radius 3 is 2.48 bits per heavy atom. The highest BCUT2D eigenvalue weighted by Crippen LogP contribution is 2.28. The van der Waals surface area contributed by atoms with E-state index in [1.54, 1.807) is 11.3 Å². The molecule has 0 saturated carbocycles. The van der Waals surface area contributed by atoms with Crippen LogP contribution in [0.5, 0.6) is 0 Å². The lowest BCUT2D eigenvalue weighted by Gasteiger charge is -2.25. The van der Waals surface area contributed by atoms with E-state index in [9.17, 15) is 4.79 Å². The van der Waals surface area contributed by atoms with E-state index in [-0.39, 0.29) is 11.9 Å². The van der Waals surface area contributed by atoms with Crippen molar-refractivity contribution in [3.8, 4) is 0 Å². The number of thiophene rings is 1. The third-order valence-corrected chi connectivity index (χ3v) is 6.20. The minimum atomic E-state index is -0.236. The molecule has 3 aromatic rings. The molecule has 3 heterocycles. The van der Waals surface area contributed by atoms with Crippen LogP contribution in [0.2, 0.25) is 0 Å². The number of amides is 1. The molecule has 2 aliphatic rings. The van der Waals surface area contributed by atoms with Crippen LogP contribution in [0.4, 0.5) is 0 Å². The van der Waals surface area contributed by atoms with Crippen LogP contribution in [-0.4, -0.2) is 29.1 Å². The molecule has 2 aliphatic heterocycles. The second-order valence-electron chi connectivity index (χ2n) is 7.29. The second-order valence-corrected chi connectivity index (χ2v) is 8.32. The lowest BCUT2D eigenvalue weighted by atomic mass is 10.1. The summed E-state index contributed by atoms with van der Waals surface area (Å²) in [5.74, 6) is 0.988. The summed E-state index contributed by atoms with van der Waals surface area (Å²) >= 11 is 1.69. The Balaban J connectivity index is 1.50. The van der Waals surface area contributed by atoms with E-state index in [2.05, 4.69) is 41.0 Å². The van der Waals surface area contributed by atoms with E-state index in [1.165, 1.54) is 10.4 Å². The number of hydrogen-bond acceptors (Lipinski definition) is 4. The van der Waals surface area contributed by atoms with E-state index in [4.69, 9.17) is 4.99 Å². The van der Waals surface area contributed by atoms with Crippen LogP contribution >= 0.6 is 11.3 Å². The van der Waals surface area contributed by atoms with E-state index in [0.717, 1.165) is 22.8 Å². The van der Waals surface area contributed by atoms with Gasteiger partial charge in [-0.05, 0) is 22.6 Å². The van der Waals surface area contributed by atoms with Gasteiger partial charge in [-0.2, -0.15) is 0 Å². The summed E-state index contributed by atoms with van der Waals surface area (Å²) in [6.45, 7) is 0.504. The number of carbonyl (C=O) groups excluding carboxylic acids is 1. The molecular weight excluding hydrogens is 378 g/mol. The van der Waals surface area contributed by atoms with Crippen molar-refractivity contribution in [2.75, 3.05) is 6.54 Å². The zero-order valence-corrected chi connectivity index (χ0v) is 16.7. The summed E-state index contributed by atoms with van der Waals surface area (Å²) in [7, 11) is 0. The average molecular weight is 400 g/mol. The molecule has 0 bridgehead atoms. The smallest absolute Gasteiger partial charge is 0.251 e. The highest BCUT2D eigenvalue weighted by molar-refractivity contribution is 7.09. The minimum absolute atomic E-state index is 0.127. The van der Waals surface area contributed by atoms with Gasteiger partial charge in [0.2, 0.25) is 0 Å². The van der Waals surface area contributed by atoms with Gasteiger partial charge in [-0.1, -0.05) is 66.7 Å². The first-order chi connectivity index (χ1) is 14.3. The molecule has 0 spiro atoms. The average Bonchev–Trinajstić information content (AvgIpc) is 3.38. The number of benzene rings is 2. The first-order valence-corrected chi connectivity index (χ1v) is 10.7. The van der Waals surface area contributed by atoms with E-state index in [0.29, 0.717) is 19.4 Å². The fourth-order valence-corrected chi connectivity index (χ4v) is 4.62. The summed E-state index contributed by atoms with van der Waals surface area (Å²) in [4.78, 5) is 21.3. The lowest BCUT2D eigenvalue weighted by molar-refractivity contribution is -0.127. The number of nitrogens with one attached hydrogen (secondary N) is 1. The third-order valence-electron chi connectivity index (χ3n) is 5.30. The number of allylic oxidation sites excluding steroid dienone is 1. The maximum absolute atomic E-state index is 13.2. The van der Waals surface area contributed by atoms with Gasteiger partial charge in [-0.25, -0.2) is 0 Å². The van der Waals surface area contributed by atoms with Gasteiger partial charge in [0.05, 0.1) is 18.0 Å². The van der Waals surface area contributed by atoms with E-state index < -0.39 is 0 Å². The van der Waals surface area contributed by atoms with Crippen LogP contribution < -0.4 is 5.32 Å². The molecule has 0 radical (unpaired) electrons. The SMILES string of the molecule is O=C1C(Cc2cccs2)NC2=C(Cc3ccccc3)N=C(c3ccccc3)CN12. The van der Waals surface area contributed by atoms with Crippen LogP contribution in [-0.2, 0) is 17.6 Å². The highest BCUT2D eigenvalue weighted by Gasteiger charge is 2.39. The topological polar surface area (TPSA) is 44.7 Å². The predicted octanol–water partition coefficient (Wildman–Crippen LogP) is 4.01. The highest BCUT2D eigenvalue weighted by atomic mass is 32.1. The van der Waals surface area contributed by atoms with Crippen molar-refractivity contribution in [3.05, 3.63) is 106 Å². The van der Waals surface area contributed by atoms with Crippen molar-refractivity contribution in [2.45, 2.75) is 18.9 Å². The largest absolute Gasteiger partial charge is 0.358 e. The fourth-order valence-electron chi connectivity index (χ4n) is 3.87. The van der Waals surface area contributed by atoms with Crippen molar-refractivity contribution in [1.82, 2.24) is 10.2 Å². The number of fused-ring (bicyclic) bond motifs is 1. The molecule has 2 aromatic carbocycles. The van der Waals surface area contributed by atoms with Crippen LogP contribution in [0.3, 0.4) is 0 Å². The molecule has 29 heavy (non-hydrogen) atoms. The van der Waals surface area contributed by atoms with Crippen LogP contribution in [0, 0.1) is 0 Å². The summed E-state index contributed by atoms with van der Waals surface area (Å²) in [6.07, 6.45) is 1.39. The predicted molar refractivity (Wildman–Crippen MR) is 117 cm³/mol. The van der Waals surface area contributed by atoms with Gasteiger partial charge in [0.15, 0.2) is 0 Å². The second kappa shape index (κ2) is 7.68. The molecule has 1 aromatic heterocycles. The first-order valence-electron chi connectivity index (χ1n) is 9.78. The maximum atomic E-state index is 13.2. The molecular formula is C24H21N3OS. The van der Waals surface area contributed by atoms with Gasteiger partial charge in [-0.3, -0.25) is 14.7 Å². The molecule has 1 N–H and O–H groups in total. The maximum Gasteiger partial charge on any atom is 0.251 e. The molecule has 144 valence electrons. The van der Waals surface area contributed by atoms with Gasteiger partial charge in [0.1, 0.15) is 11.9 Å². The zero-order chi connectivity index (χ0) is 19.6. The lowest BCUT2D eigenvalue weighted by Crippen LogP contribution is -2.36. The number of nitrogens with zero attached hydrogens (tertiary/aromatic N) is 2. The summed E-state index contributed by atoms with van der Waals surface area (Å²) in [5.41, 5.74) is 4.10. The Hall–Kier alpha value is -3.18. The summed E-state index contributed by atoms with van der Waals surface area (Å²) in [5, 5.41) is 5.53. The Morgan fingerprint density at radius 2 is 1.76 bits per heavy atom. The first kappa shape index (κ1) is 17.9. The number of aliphatic imine (C=N–C) groups is 1. The van der Waals surface area contributed by atoms with Crippen LogP contribution in [0.1, 0.15) is 16.0 Å². The van der Waals surface area contributed by atoms with Crippen molar-refractivity contribution in [3.63, 3.8) is 0 Å².